The van der Waals surface area contributed by atoms with Crippen LogP contribution in [0.4, 0.5) is 9.59 Å². The van der Waals surface area contributed by atoms with Crippen LogP contribution in [-0.4, -0.2) is 90.3 Å². The number of hydrogen-bond acceptors (Lipinski definition) is 9. The van der Waals surface area contributed by atoms with Gasteiger partial charge in [-0.3, -0.25) is 24.0 Å². The van der Waals surface area contributed by atoms with Gasteiger partial charge < -0.3 is 25.0 Å². The largest absolute Gasteiger partial charge is 0.450 e. The van der Waals surface area contributed by atoms with E-state index in [4.69, 9.17) is 9.47 Å². The zero-order valence-corrected chi connectivity index (χ0v) is 30.3. The molecular weight excluding hydrogens is 691 g/mol. The molecular formula is C37H49N5O9S. The molecule has 6 aliphatic rings. The van der Waals surface area contributed by atoms with Crippen molar-refractivity contribution < 1.29 is 41.9 Å². The van der Waals surface area contributed by atoms with Crippen LogP contribution < -0.4 is 15.4 Å². The van der Waals surface area contributed by atoms with E-state index in [0.29, 0.717) is 45.2 Å². The highest BCUT2D eigenvalue weighted by atomic mass is 32.2. The number of fused-ring (bicyclic) bond motifs is 3. The minimum atomic E-state index is -3.90. The van der Waals surface area contributed by atoms with Gasteiger partial charge in [0.2, 0.25) is 21.8 Å². The Morgan fingerprint density at radius 3 is 2.46 bits per heavy atom. The average Bonchev–Trinajstić information content (AvgIpc) is 4.02. The second kappa shape index (κ2) is 14.7. The number of alkyl carbamates (subject to hydrolysis) is 1. The minimum Gasteiger partial charge on any atom is -0.450 e. The van der Waals surface area contributed by atoms with Gasteiger partial charge in [-0.25, -0.2) is 18.0 Å². The molecule has 1 saturated heterocycles. The molecule has 0 spiro atoms. The lowest BCUT2D eigenvalue weighted by Crippen LogP contribution is -2.59. The number of carbonyl (C=O) groups excluding carboxylic acids is 5. The Kier molecular flexibility index (Phi) is 10.2. The third-order valence-corrected chi connectivity index (χ3v) is 13.5. The number of nitrogens with zero attached hydrogens (tertiary/aromatic N) is 2. The maximum absolute atomic E-state index is 14.6. The van der Waals surface area contributed by atoms with Gasteiger partial charge in [0.15, 0.2) is 0 Å². The van der Waals surface area contributed by atoms with Crippen molar-refractivity contribution in [2.45, 2.75) is 126 Å². The first-order valence-electron chi connectivity index (χ1n) is 18.8. The Morgan fingerprint density at radius 1 is 0.981 bits per heavy atom. The number of carbonyl (C=O) groups is 5. The van der Waals surface area contributed by atoms with Crippen molar-refractivity contribution in [3.05, 3.63) is 47.5 Å². The monoisotopic (exact) mass is 739 g/mol. The molecule has 52 heavy (non-hydrogen) atoms. The molecule has 3 saturated carbocycles. The van der Waals surface area contributed by atoms with E-state index >= 15 is 0 Å². The smallest absolute Gasteiger partial charge is 0.410 e. The minimum absolute atomic E-state index is 0.0476. The molecule has 14 nitrogen and oxygen atoms in total. The van der Waals surface area contributed by atoms with Gasteiger partial charge >= 0.3 is 12.2 Å². The van der Waals surface area contributed by atoms with Gasteiger partial charge in [0.05, 0.1) is 18.4 Å². The lowest BCUT2D eigenvalue weighted by atomic mass is 9.83. The Bertz CT molecular complexity index is 1720. The van der Waals surface area contributed by atoms with Crippen molar-refractivity contribution in [2.24, 2.45) is 11.8 Å². The molecule has 0 aromatic heterocycles. The lowest BCUT2D eigenvalue weighted by Gasteiger charge is -2.34. The van der Waals surface area contributed by atoms with Crippen molar-refractivity contribution in [1.29, 1.82) is 0 Å². The number of benzene rings is 1. The number of cyclic esters (lactones) is 1. The van der Waals surface area contributed by atoms with Crippen LogP contribution in [0.2, 0.25) is 0 Å². The molecule has 282 valence electrons. The van der Waals surface area contributed by atoms with E-state index in [1.165, 1.54) is 11.0 Å². The van der Waals surface area contributed by atoms with Crippen molar-refractivity contribution in [2.75, 3.05) is 13.2 Å². The second-order valence-electron chi connectivity index (χ2n) is 15.3. The molecule has 4 fully saturated rings. The van der Waals surface area contributed by atoms with Crippen LogP contribution in [0, 0.1) is 11.8 Å². The Labute approximate surface area is 304 Å². The van der Waals surface area contributed by atoms with Gasteiger partial charge in [0.25, 0.3) is 5.91 Å². The first-order valence-corrected chi connectivity index (χ1v) is 20.3. The van der Waals surface area contributed by atoms with Crippen LogP contribution >= 0.6 is 0 Å². The molecule has 5 atom stereocenters. The van der Waals surface area contributed by atoms with Crippen LogP contribution in [0.5, 0.6) is 0 Å². The fourth-order valence-corrected chi connectivity index (χ4v) is 9.79. The average molecular weight is 740 g/mol. The summed E-state index contributed by atoms with van der Waals surface area (Å²) in [6.45, 7) is 4.64. The van der Waals surface area contributed by atoms with Gasteiger partial charge in [-0.1, -0.05) is 43.5 Å². The van der Waals surface area contributed by atoms with E-state index in [1.807, 2.05) is 12.1 Å². The van der Waals surface area contributed by atoms with Gasteiger partial charge in [-0.05, 0) is 80.4 Å². The Hall–Kier alpha value is -4.14. The predicted molar refractivity (Wildman–Crippen MR) is 188 cm³/mol. The summed E-state index contributed by atoms with van der Waals surface area (Å²) < 4.78 is 39.1. The van der Waals surface area contributed by atoms with E-state index in [9.17, 15) is 32.4 Å². The van der Waals surface area contributed by atoms with Crippen molar-refractivity contribution >= 4 is 39.9 Å². The number of nitrogens with one attached hydrogen (secondary N) is 3. The van der Waals surface area contributed by atoms with E-state index in [0.717, 1.165) is 55.2 Å². The number of aryl methyl sites for hydroxylation is 1. The van der Waals surface area contributed by atoms with Crippen LogP contribution in [0.25, 0.3) is 0 Å². The molecule has 1 aromatic rings. The van der Waals surface area contributed by atoms with Crippen molar-refractivity contribution in [3.8, 4) is 0 Å². The summed E-state index contributed by atoms with van der Waals surface area (Å²) in [6.07, 6.45) is 7.80. The highest BCUT2D eigenvalue weighted by Gasteiger charge is 2.62. The normalized spacial score (nSPS) is 30.2. The van der Waals surface area contributed by atoms with Gasteiger partial charge in [-0.15, -0.1) is 6.58 Å². The highest BCUT2D eigenvalue weighted by Crippen LogP contribution is 2.45. The number of sulfonamides is 1. The summed E-state index contributed by atoms with van der Waals surface area (Å²) in [4.78, 5) is 72.0. The first kappa shape index (κ1) is 36.2. The summed E-state index contributed by atoms with van der Waals surface area (Å²) in [6, 6.07) is 3.91. The molecule has 7 rings (SSSR count). The number of amides is 5. The molecule has 0 unspecified atom stereocenters. The lowest BCUT2D eigenvalue weighted by molar-refractivity contribution is -0.142. The summed E-state index contributed by atoms with van der Waals surface area (Å²) in [5, 5.41) is 4.96. The molecule has 3 aliphatic carbocycles. The van der Waals surface area contributed by atoms with E-state index < -0.39 is 74.8 Å². The summed E-state index contributed by atoms with van der Waals surface area (Å²) in [5.74, 6) is -2.74. The number of ether oxygens (including phenoxy) is 2. The SMILES string of the molecule is C=C[C@@H]1C[C@@]1(NC(=O)[C@@H]1C[C@@H]2CN1C(=O)[C@H](C1CCCCC1)NC(=O)OCCCCCc1cccc3c1CN(C3)C(=O)O2)C(=O)NS(=O)(=O)C1CC1. The third-order valence-electron chi connectivity index (χ3n) is 11.7. The zero-order chi connectivity index (χ0) is 36.6. The standard InChI is InChI=1S/C37H49N5O9S/c1-2-26-19-37(26,34(45)40-52(48,49)28-15-16-28)39-32(43)30-18-27-21-42(30)33(44)31(24-11-5-3-6-12-24)38-35(46)50-17-8-4-7-10-23-13-9-14-25-20-41(22-29(23)25)36(47)51-27/h2,9,13-14,24,26-28,30-31H,1,3-8,10-12,15-22H2,(H,38,46)(H,39,43)(H,40,45)/t26-,27-,30+,31+,37+/m1/s1. The van der Waals surface area contributed by atoms with E-state index in [1.54, 1.807) is 4.90 Å². The molecule has 3 heterocycles. The van der Waals surface area contributed by atoms with E-state index in [2.05, 4.69) is 28.0 Å². The maximum Gasteiger partial charge on any atom is 0.410 e. The summed E-state index contributed by atoms with van der Waals surface area (Å²) in [7, 11) is -3.90. The van der Waals surface area contributed by atoms with Crippen LogP contribution in [0.3, 0.4) is 0 Å². The molecule has 3 aliphatic heterocycles. The summed E-state index contributed by atoms with van der Waals surface area (Å²) >= 11 is 0. The van der Waals surface area contributed by atoms with Crippen molar-refractivity contribution in [3.63, 3.8) is 0 Å². The van der Waals surface area contributed by atoms with Gasteiger partial charge in [0, 0.05) is 25.4 Å². The number of hydrogen-bond donors (Lipinski definition) is 3. The van der Waals surface area contributed by atoms with Crippen LogP contribution in [0.1, 0.15) is 93.7 Å². The molecule has 5 amide bonds. The molecule has 1 aromatic carbocycles. The molecule has 15 heteroatoms. The van der Waals surface area contributed by atoms with Crippen molar-refractivity contribution in [1.82, 2.24) is 25.2 Å². The third kappa shape index (κ3) is 7.51. The number of rotatable bonds is 7. The quantitative estimate of drug-likeness (QED) is 0.354. The van der Waals surface area contributed by atoms with Crippen LogP contribution in [0.15, 0.2) is 30.9 Å². The molecule has 0 radical (unpaired) electrons. The topological polar surface area (TPSA) is 181 Å². The first-order chi connectivity index (χ1) is 25.0. The highest BCUT2D eigenvalue weighted by molar-refractivity contribution is 7.91. The predicted octanol–water partition coefficient (Wildman–Crippen LogP) is 3.18. The Balaban J connectivity index is 1.16. The van der Waals surface area contributed by atoms with Gasteiger partial charge in [-0.2, -0.15) is 0 Å². The fourth-order valence-electron chi connectivity index (χ4n) is 8.42. The van der Waals surface area contributed by atoms with Crippen LogP contribution in [-0.2, 0) is 53.4 Å². The molecule has 4 bridgehead atoms. The second-order valence-corrected chi connectivity index (χ2v) is 17.3. The van der Waals surface area contributed by atoms with E-state index in [-0.39, 0.29) is 31.9 Å². The Morgan fingerprint density at radius 2 is 1.73 bits per heavy atom. The fraction of sp³-hybridized carbons (Fsp3) is 0.649. The molecule has 3 N–H and O–H groups in total. The maximum atomic E-state index is 14.6. The van der Waals surface area contributed by atoms with Gasteiger partial charge in [0.1, 0.15) is 23.7 Å². The summed E-state index contributed by atoms with van der Waals surface area (Å²) in [5.41, 5.74) is 1.75. The zero-order valence-electron chi connectivity index (χ0n) is 29.5.